The van der Waals surface area contributed by atoms with Gasteiger partial charge in [-0.3, -0.25) is 14.5 Å². The Kier molecular flexibility index (Phi) is 7.42. The third kappa shape index (κ3) is 5.33. The van der Waals surface area contributed by atoms with E-state index in [0.29, 0.717) is 43.2 Å². The van der Waals surface area contributed by atoms with E-state index in [4.69, 9.17) is 9.47 Å². The van der Waals surface area contributed by atoms with Crippen molar-refractivity contribution < 1.29 is 29.3 Å². The molecule has 0 radical (unpaired) electrons. The maximum Gasteiger partial charge on any atom is 0.295 e. The fourth-order valence-corrected chi connectivity index (χ4v) is 4.53. The van der Waals surface area contributed by atoms with E-state index >= 15 is 0 Å². The highest BCUT2D eigenvalue weighted by Gasteiger charge is 2.46. The van der Waals surface area contributed by atoms with Crippen molar-refractivity contribution in [2.75, 3.05) is 39.4 Å². The van der Waals surface area contributed by atoms with E-state index in [0.717, 1.165) is 18.7 Å². The largest absolute Gasteiger partial charge is 0.508 e. The van der Waals surface area contributed by atoms with Crippen molar-refractivity contribution in [2.24, 2.45) is 0 Å². The molecular formula is C27H32N2O6. The number of phenols is 1. The van der Waals surface area contributed by atoms with Crippen LogP contribution in [0.5, 0.6) is 11.5 Å². The van der Waals surface area contributed by atoms with Gasteiger partial charge >= 0.3 is 0 Å². The lowest BCUT2D eigenvalue weighted by molar-refractivity contribution is -0.140. The number of likely N-dealkylation sites (tertiary alicyclic amines) is 1. The van der Waals surface area contributed by atoms with Crippen LogP contribution in [-0.2, 0) is 14.3 Å². The van der Waals surface area contributed by atoms with E-state index in [1.165, 1.54) is 17.0 Å². The van der Waals surface area contributed by atoms with Crippen LogP contribution in [0.15, 0.2) is 48.0 Å². The summed E-state index contributed by atoms with van der Waals surface area (Å²) < 4.78 is 11.2. The Balaban J connectivity index is 1.72. The molecule has 35 heavy (non-hydrogen) atoms. The molecule has 0 spiro atoms. The van der Waals surface area contributed by atoms with Crippen LogP contribution >= 0.6 is 0 Å². The second-order valence-electron chi connectivity index (χ2n) is 9.18. The zero-order valence-electron chi connectivity index (χ0n) is 20.4. The third-order valence-corrected chi connectivity index (χ3v) is 6.32. The molecule has 2 heterocycles. The van der Waals surface area contributed by atoms with Gasteiger partial charge in [0.1, 0.15) is 17.3 Å². The summed E-state index contributed by atoms with van der Waals surface area (Å²) in [6.45, 7) is 9.44. The Labute approximate surface area is 205 Å². The molecule has 2 fully saturated rings. The molecular weight excluding hydrogens is 448 g/mol. The number of aliphatic hydroxyl groups is 1. The number of Topliss-reactive ketones (excluding diaryl/α,β-unsaturated/α-hetero) is 1. The van der Waals surface area contributed by atoms with E-state index in [2.05, 4.69) is 4.90 Å². The van der Waals surface area contributed by atoms with Crippen LogP contribution in [0.3, 0.4) is 0 Å². The molecule has 1 amide bonds. The first-order valence-corrected chi connectivity index (χ1v) is 11.9. The zero-order valence-corrected chi connectivity index (χ0v) is 20.4. The van der Waals surface area contributed by atoms with E-state index in [9.17, 15) is 19.8 Å². The normalized spacial score (nSPS) is 20.6. The van der Waals surface area contributed by atoms with Gasteiger partial charge in [0.2, 0.25) is 0 Å². The number of aliphatic hydroxyl groups excluding tert-OH is 1. The summed E-state index contributed by atoms with van der Waals surface area (Å²) in [6.07, 6.45) is -0.000524. The first kappa shape index (κ1) is 24.8. The van der Waals surface area contributed by atoms with Crippen LogP contribution < -0.4 is 4.74 Å². The fourth-order valence-electron chi connectivity index (χ4n) is 4.53. The minimum absolute atomic E-state index is 0.000524. The van der Waals surface area contributed by atoms with E-state index in [1.54, 1.807) is 30.3 Å². The lowest BCUT2D eigenvalue weighted by atomic mass is 9.94. The topological polar surface area (TPSA) is 99.5 Å². The average Bonchev–Trinajstić information content (AvgIpc) is 3.09. The number of aromatic hydroxyl groups is 1. The van der Waals surface area contributed by atoms with Gasteiger partial charge in [0, 0.05) is 31.7 Å². The molecule has 2 saturated heterocycles. The Morgan fingerprint density at radius 1 is 1.09 bits per heavy atom. The first-order chi connectivity index (χ1) is 16.8. The molecule has 2 N–H and O–H groups in total. The van der Waals surface area contributed by atoms with Gasteiger partial charge in [-0.2, -0.15) is 0 Å². The number of phenolic OH excluding ortho intramolecular Hbond substituents is 1. The molecule has 0 bridgehead atoms. The molecule has 2 aliphatic heterocycles. The number of hydrogen-bond donors (Lipinski definition) is 2. The number of ether oxygens (including phenoxy) is 2. The van der Waals surface area contributed by atoms with Crippen molar-refractivity contribution >= 4 is 17.4 Å². The number of morpholine rings is 1. The highest BCUT2D eigenvalue weighted by molar-refractivity contribution is 6.46. The minimum atomic E-state index is -0.761. The van der Waals surface area contributed by atoms with Gasteiger partial charge in [-0.05, 0) is 62.2 Å². The Hall–Kier alpha value is -3.36. The second-order valence-corrected chi connectivity index (χ2v) is 9.18. The van der Waals surface area contributed by atoms with Crippen LogP contribution in [-0.4, -0.2) is 77.2 Å². The average molecular weight is 481 g/mol. The molecule has 0 saturated carbocycles. The molecule has 0 unspecified atom stereocenters. The van der Waals surface area contributed by atoms with Crippen LogP contribution in [0.1, 0.15) is 36.6 Å². The van der Waals surface area contributed by atoms with Crippen LogP contribution in [0.25, 0.3) is 5.76 Å². The number of rotatable bonds is 7. The number of nitrogens with zero attached hydrogens (tertiary/aromatic N) is 2. The van der Waals surface area contributed by atoms with Crippen molar-refractivity contribution in [2.45, 2.75) is 32.9 Å². The molecule has 186 valence electrons. The molecule has 2 aliphatic rings. The zero-order chi connectivity index (χ0) is 25.1. The number of aryl methyl sites for hydroxylation is 1. The van der Waals surface area contributed by atoms with E-state index < -0.39 is 17.7 Å². The molecule has 1 atom stereocenters. The summed E-state index contributed by atoms with van der Waals surface area (Å²) in [7, 11) is 0. The van der Waals surface area contributed by atoms with Crippen molar-refractivity contribution in [1.29, 1.82) is 0 Å². The van der Waals surface area contributed by atoms with Crippen molar-refractivity contribution in [1.82, 2.24) is 9.80 Å². The Morgan fingerprint density at radius 3 is 2.40 bits per heavy atom. The van der Waals surface area contributed by atoms with Crippen molar-refractivity contribution in [3.05, 3.63) is 64.7 Å². The standard InChI is InChI=1S/C27H32N2O6/c1-17(2)35-22-9-6-20(16-18(22)3)25(31)23-24(19-4-7-21(30)8-5-19)29(27(33)26(23)32)11-10-28-12-14-34-15-13-28/h4-9,16-17,24,30-31H,10-15H2,1-3H3/b25-23+/t24-/m1/s1. The van der Waals surface area contributed by atoms with Gasteiger partial charge in [-0.15, -0.1) is 0 Å². The first-order valence-electron chi connectivity index (χ1n) is 11.9. The second kappa shape index (κ2) is 10.5. The highest BCUT2D eigenvalue weighted by atomic mass is 16.5. The van der Waals surface area contributed by atoms with Gasteiger partial charge < -0.3 is 24.6 Å². The summed E-state index contributed by atoms with van der Waals surface area (Å²) >= 11 is 0. The van der Waals surface area contributed by atoms with Gasteiger partial charge in [-0.25, -0.2) is 0 Å². The predicted octanol–water partition coefficient (Wildman–Crippen LogP) is 3.24. The van der Waals surface area contributed by atoms with Crippen molar-refractivity contribution in [3.8, 4) is 11.5 Å². The number of benzene rings is 2. The van der Waals surface area contributed by atoms with Gasteiger partial charge in [-0.1, -0.05) is 12.1 Å². The van der Waals surface area contributed by atoms with E-state index in [1.807, 2.05) is 20.8 Å². The number of amides is 1. The van der Waals surface area contributed by atoms with Crippen molar-refractivity contribution in [3.63, 3.8) is 0 Å². The molecule has 2 aromatic carbocycles. The SMILES string of the molecule is Cc1cc(/C(O)=C2\C(=O)C(=O)N(CCN3CCOCC3)[C@@H]2c2ccc(O)cc2)ccc1OC(C)C. The van der Waals surface area contributed by atoms with Crippen LogP contribution in [0, 0.1) is 6.92 Å². The van der Waals surface area contributed by atoms with Gasteiger partial charge in [0.05, 0.1) is 30.9 Å². The summed E-state index contributed by atoms with van der Waals surface area (Å²) in [5, 5.41) is 21.1. The summed E-state index contributed by atoms with van der Waals surface area (Å²) in [6, 6.07) is 10.8. The maximum absolute atomic E-state index is 13.2. The lowest BCUT2D eigenvalue weighted by Crippen LogP contribution is -2.42. The number of carbonyl (C=O) groups is 2. The summed E-state index contributed by atoms with van der Waals surface area (Å²) in [5.41, 5.74) is 1.93. The molecule has 4 rings (SSSR count). The maximum atomic E-state index is 13.2. The lowest BCUT2D eigenvalue weighted by Gasteiger charge is -2.31. The minimum Gasteiger partial charge on any atom is -0.508 e. The molecule has 2 aromatic rings. The molecule has 8 nitrogen and oxygen atoms in total. The monoisotopic (exact) mass is 480 g/mol. The molecule has 0 aromatic heterocycles. The van der Waals surface area contributed by atoms with Crippen LogP contribution in [0.4, 0.5) is 0 Å². The van der Waals surface area contributed by atoms with Gasteiger partial charge in [0.25, 0.3) is 11.7 Å². The molecule has 0 aliphatic carbocycles. The Morgan fingerprint density at radius 2 is 1.77 bits per heavy atom. The van der Waals surface area contributed by atoms with Crippen LogP contribution in [0.2, 0.25) is 0 Å². The van der Waals surface area contributed by atoms with Gasteiger partial charge in [0.15, 0.2) is 0 Å². The predicted molar refractivity (Wildman–Crippen MR) is 131 cm³/mol. The highest BCUT2D eigenvalue weighted by Crippen LogP contribution is 2.40. The summed E-state index contributed by atoms with van der Waals surface area (Å²) in [5.74, 6) is -0.820. The molecule has 8 heteroatoms. The smallest absolute Gasteiger partial charge is 0.295 e. The third-order valence-electron chi connectivity index (χ3n) is 6.32. The number of ketones is 1. The summed E-state index contributed by atoms with van der Waals surface area (Å²) in [4.78, 5) is 30.0. The Bertz CT molecular complexity index is 1120. The quantitative estimate of drug-likeness (QED) is 0.357. The van der Waals surface area contributed by atoms with E-state index in [-0.39, 0.29) is 23.2 Å². The number of carbonyl (C=O) groups excluding carboxylic acids is 2. The number of hydrogen-bond acceptors (Lipinski definition) is 7. The fraction of sp³-hybridized carbons (Fsp3) is 0.407.